The molecule has 3 fully saturated rings. The number of fused-ring (bicyclic) bond motifs is 4. The van der Waals surface area contributed by atoms with Gasteiger partial charge in [0.05, 0.1) is 6.04 Å². The van der Waals surface area contributed by atoms with Gasteiger partial charge in [0.15, 0.2) is 0 Å². The zero-order valence-electron chi connectivity index (χ0n) is 12.9. The molecule has 0 aliphatic carbocycles. The van der Waals surface area contributed by atoms with Gasteiger partial charge in [-0.1, -0.05) is 18.2 Å². The predicted molar refractivity (Wildman–Crippen MR) is 85.5 cm³/mol. The first kappa shape index (κ1) is 13.4. The molecule has 0 amide bonds. The second-order valence-corrected chi connectivity index (χ2v) is 6.72. The number of furan rings is 1. The van der Waals surface area contributed by atoms with Crippen LogP contribution in [0.4, 0.5) is 0 Å². The molecule has 2 atom stereocenters. The standard InChI is InChI=1S/C18H24N2O/c1-12-15-5-3-4-6-17(15)21-18(12)13(2)19-16-11-20-9-7-14(16)8-10-20/h3-6,13-14,16,19H,7-11H2,1-2H3. The molecule has 0 saturated carbocycles. The second kappa shape index (κ2) is 5.15. The third kappa shape index (κ3) is 2.29. The van der Waals surface area contributed by atoms with Crippen molar-refractivity contribution in [3.63, 3.8) is 0 Å². The van der Waals surface area contributed by atoms with Crippen LogP contribution in [0.3, 0.4) is 0 Å². The van der Waals surface area contributed by atoms with Crippen molar-refractivity contribution in [3.05, 3.63) is 35.6 Å². The molecule has 5 rings (SSSR count). The Morgan fingerprint density at radius 3 is 2.67 bits per heavy atom. The van der Waals surface area contributed by atoms with Crippen molar-refractivity contribution in [2.24, 2.45) is 5.92 Å². The molecule has 1 N–H and O–H groups in total. The largest absolute Gasteiger partial charge is 0.459 e. The van der Waals surface area contributed by atoms with Gasteiger partial charge in [0.25, 0.3) is 0 Å². The summed E-state index contributed by atoms with van der Waals surface area (Å²) in [6.07, 6.45) is 2.70. The van der Waals surface area contributed by atoms with Gasteiger partial charge in [-0.2, -0.15) is 0 Å². The SMILES string of the molecule is Cc1c(C(C)NC2CN3CCC2CC3)oc2ccccc12. The number of hydrogen-bond donors (Lipinski definition) is 1. The van der Waals surface area contributed by atoms with E-state index in [1.807, 2.05) is 6.07 Å². The molecule has 2 unspecified atom stereocenters. The van der Waals surface area contributed by atoms with Gasteiger partial charge < -0.3 is 14.6 Å². The van der Waals surface area contributed by atoms with Crippen molar-refractivity contribution in [2.45, 2.75) is 38.8 Å². The molecule has 21 heavy (non-hydrogen) atoms. The van der Waals surface area contributed by atoms with E-state index in [4.69, 9.17) is 4.42 Å². The van der Waals surface area contributed by atoms with Crippen molar-refractivity contribution in [1.29, 1.82) is 0 Å². The lowest BCUT2D eigenvalue weighted by Gasteiger charge is -2.45. The van der Waals surface area contributed by atoms with Gasteiger partial charge in [0.2, 0.25) is 0 Å². The van der Waals surface area contributed by atoms with Crippen molar-refractivity contribution in [3.8, 4) is 0 Å². The molecule has 3 nitrogen and oxygen atoms in total. The number of nitrogens with zero attached hydrogens (tertiary/aromatic N) is 1. The zero-order chi connectivity index (χ0) is 14.4. The predicted octanol–water partition coefficient (Wildman–Crippen LogP) is 3.49. The number of benzene rings is 1. The smallest absolute Gasteiger partial charge is 0.134 e. The van der Waals surface area contributed by atoms with Crippen molar-refractivity contribution < 1.29 is 4.42 Å². The highest BCUT2D eigenvalue weighted by Gasteiger charge is 2.35. The Morgan fingerprint density at radius 2 is 2.00 bits per heavy atom. The number of piperidine rings is 3. The van der Waals surface area contributed by atoms with E-state index < -0.39 is 0 Å². The van der Waals surface area contributed by atoms with Crippen LogP contribution in [-0.2, 0) is 0 Å². The molecule has 3 saturated heterocycles. The molecule has 112 valence electrons. The zero-order valence-corrected chi connectivity index (χ0v) is 12.9. The van der Waals surface area contributed by atoms with Gasteiger partial charge in [-0.3, -0.25) is 0 Å². The third-order valence-corrected chi connectivity index (χ3v) is 5.39. The Balaban J connectivity index is 1.56. The molecule has 1 aromatic heterocycles. The Morgan fingerprint density at radius 1 is 1.24 bits per heavy atom. The minimum absolute atomic E-state index is 0.281. The molecule has 3 aliphatic rings. The van der Waals surface area contributed by atoms with Crippen LogP contribution in [0.5, 0.6) is 0 Å². The summed E-state index contributed by atoms with van der Waals surface area (Å²) in [6.45, 7) is 8.20. The normalized spacial score (nSPS) is 29.9. The van der Waals surface area contributed by atoms with E-state index >= 15 is 0 Å². The van der Waals surface area contributed by atoms with Crippen LogP contribution < -0.4 is 5.32 Å². The van der Waals surface area contributed by atoms with Crippen molar-refractivity contribution >= 4 is 11.0 Å². The summed E-state index contributed by atoms with van der Waals surface area (Å²) in [7, 11) is 0. The van der Waals surface area contributed by atoms with E-state index in [2.05, 4.69) is 42.3 Å². The highest BCUT2D eigenvalue weighted by atomic mass is 16.3. The minimum atomic E-state index is 0.281. The Kier molecular flexibility index (Phi) is 3.27. The molecule has 2 aromatic rings. The first-order chi connectivity index (χ1) is 10.2. The van der Waals surface area contributed by atoms with Gasteiger partial charge in [0.1, 0.15) is 11.3 Å². The lowest BCUT2D eigenvalue weighted by Crippen LogP contribution is -2.56. The molecular formula is C18H24N2O. The average Bonchev–Trinajstić information content (AvgIpc) is 2.86. The fourth-order valence-electron chi connectivity index (χ4n) is 4.16. The highest BCUT2D eigenvalue weighted by molar-refractivity contribution is 5.82. The molecule has 1 aromatic carbocycles. The summed E-state index contributed by atoms with van der Waals surface area (Å²) in [5.74, 6) is 1.95. The number of nitrogens with one attached hydrogen (secondary N) is 1. The fourth-order valence-corrected chi connectivity index (χ4v) is 4.16. The molecular weight excluding hydrogens is 260 g/mol. The Hall–Kier alpha value is -1.32. The van der Waals surface area contributed by atoms with E-state index in [0.717, 1.165) is 17.3 Å². The lowest BCUT2D eigenvalue weighted by atomic mass is 9.83. The summed E-state index contributed by atoms with van der Waals surface area (Å²) < 4.78 is 6.11. The maximum Gasteiger partial charge on any atom is 0.134 e. The lowest BCUT2D eigenvalue weighted by molar-refractivity contribution is 0.0667. The summed E-state index contributed by atoms with van der Waals surface area (Å²) in [5, 5.41) is 5.08. The summed E-state index contributed by atoms with van der Waals surface area (Å²) >= 11 is 0. The van der Waals surface area contributed by atoms with Gasteiger partial charge in [0, 0.05) is 18.0 Å². The van der Waals surface area contributed by atoms with E-state index in [1.54, 1.807) is 0 Å². The van der Waals surface area contributed by atoms with Crippen LogP contribution in [0.15, 0.2) is 28.7 Å². The number of hydrogen-bond acceptors (Lipinski definition) is 3. The monoisotopic (exact) mass is 284 g/mol. The quantitative estimate of drug-likeness (QED) is 0.935. The number of para-hydroxylation sites is 1. The van der Waals surface area contributed by atoms with Crippen LogP contribution >= 0.6 is 0 Å². The van der Waals surface area contributed by atoms with Gasteiger partial charge in [-0.15, -0.1) is 0 Å². The first-order valence-electron chi connectivity index (χ1n) is 8.19. The van der Waals surface area contributed by atoms with Crippen LogP contribution in [0.1, 0.15) is 37.1 Å². The summed E-state index contributed by atoms with van der Waals surface area (Å²) in [4.78, 5) is 2.59. The van der Waals surface area contributed by atoms with Gasteiger partial charge in [-0.05, 0) is 57.3 Å². The van der Waals surface area contributed by atoms with Gasteiger partial charge >= 0.3 is 0 Å². The Labute approximate surface area is 126 Å². The Bertz CT molecular complexity index is 640. The van der Waals surface area contributed by atoms with Crippen molar-refractivity contribution in [2.75, 3.05) is 19.6 Å². The fraction of sp³-hybridized carbons (Fsp3) is 0.556. The minimum Gasteiger partial charge on any atom is -0.459 e. The third-order valence-electron chi connectivity index (χ3n) is 5.39. The summed E-state index contributed by atoms with van der Waals surface area (Å²) in [6, 6.07) is 9.24. The average molecular weight is 284 g/mol. The maximum atomic E-state index is 6.11. The second-order valence-electron chi connectivity index (χ2n) is 6.72. The number of aryl methyl sites for hydroxylation is 1. The molecule has 0 radical (unpaired) electrons. The molecule has 3 heteroatoms. The number of rotatable bonds is 3. The first-order valence-corrected chi connectivity index (χ1v) is 8.19. The van der Waals surface area contributed by atoms with E-state index in [1.165, 1.54) is 43.4 Å². The van der Waals surface area contributed by atoms with Crippen LogP contribution in [0.25, 0.3) is 11.0 Å². The van der Waals surface area contributed by atoms with E-state index in [9.17, 15) is 0 Å². The van der Waals surface area contributed by atoms with Crippen LogP contribution in [-0.4, -0.2) is 30.6 Å². The molecule has 4 heterocycles. The van der Waals surface area contributed by atoms with Crippen LogP contribution in [0, 0.1) is 12.8 Å². The summed E-state index contributed by atoms with van der Waals surface area (Å²) in [5.41, 5.74) is 2.29. The molecule has 0 spiro atoms. The molecule has 2 bridgehead atoms. The van der Waals surface area contributed by atoms with E-state index in [0.29, 0.717) is 6.04 Å². The van der Waals surface area contributed by atoms with Crippen LogP contribution in [0.2, 0.25) is 0 Å². The van der Waals surface area contributed by atoms with Gasteiger partial charge in [-0.25, -0.2) is 0 Å². The van der Waals surface area contributed by atoms with Crippen molar-refractivity contribution in [1.82, 2.24) is 10.2 Å². The van der Waals surface area contributed by atoms with E-state index in [-0.39, 0.29) is 6.04 Å². The molecule has 3 aliphatic heterocycles. The maximum absolute atomic E-state index is 6.11. The topological polar surface area (TPSA) is 28.4 Å². The highest BCUT2D eigenvalue weighted by Crippen LogP contribution is 2.32.